The highest BCUT2D eigenvalue weighted by Gasteiger charge is 2.18. The van der Waals surface area contributed by atoms with Gasteiger partial charge in [0.05, 0.1) is 0 Å². The molecule has 5 nitrogen and oxygen atoms in total. The minimum atomic E-state index is 0.615. The molecule has 0 aliphatic heterocycles. The first-order valence-corrected chi connectivity index (χ1v) is 18.4. The third-order valence-electron chi connectivity index (χ3n) is 10.5. The van der Waals surface area contributed by atoms with Gasteiger partial charge in [-0.15, -0.1) is 0 Å². The van der Waals surface area contributed by atoms with Gasteiger partial charge in [0.15, 0.2) is 23.1 Å². The van der Waals surface area contributed by atoms with Gasteiger partial charge in [0.25, 0.3) is 0 Å². The largest absolute Gasteiger partial charge is 0.435 e. The first kappa shape index (κ1) is 31.1. The molecule has 0 atom stereocenters. The number of benzene rings is 9. The lowest BCUT2D eigenvalue weighted by molar-refractivity contribution is 0.623. The van der Waals surface area contributed by atoms with E-state index in [1.165, 1.54) is 16.2 Å². The van der Waals surface area contributed by atoms with Gasteiger partial charge in [0.2, 0.25) is 5.89 Å². The molecule has 0 saturated carbocycles. The maximum atomic E-state index is 6.52. The fourth-order valence-corrected chi connectivity index (χ4v) is 7.84. The Morgan fingerprint density at radius 3 is 1.64 bits per heavy atom. The van der Waals surface area contributed by atoms with Gasteiger partial charge in [-0.25, -0.2) is 19.9 Å². The van der Waals surface area contributed by atoms with Crippen molar-refractivity contribution in [2.75, 3.05) is 0 Å². The molecule has 5 heteroatoms. The van der Waals surface area contributed by atoms with Crippen LogP contribution in [0.25, 0.3) is 111 Å². The van der Waals surface area contributed by atoms with Crippen molar-refractivity contribution >= 4 is 54.2 Å². The van der Waals surface area contributed by atoms with Crippen LogP contribution in [0.1, 0.15) is 0 Å². The van der Waals surface area contributed by atoms with Gasteiger partial charge in [0.1, 0.15) is 5.52 Å². The van der Waals surface area contributed by atoms with Gasteiger partial charge < -0.3 is 4.42 Å². The van der Waals surface area contributed by atoms with Crippen LogP contribution in [0.5, 0.6) is 0 Å². The van der Waals surface area contributed by atoms with Crippen LogP contribution in [0.3, 0.4) is 0 Å². The van der Waals surface area contributed by atoms with Crippen molar-refractivity contribution in [1.82, 2.24) is 19.9 Å². The van der Waals surface area contributed by atoms with E-state index in [2.05, 4.69) is 115 Å². The number of oxazole rings is 1. The molecule has 0 aliphatic rings. The average Bonchev–Trinajstić information content (AvgIpc) is 3.71. The molecule has 0 bridgehead atoms. The third-order valence-corrected chi connectivity index (χ3v) is 10.5. The maximum absolute atomic E-state index is 6.52. The molecule has 0 saturated heterocycles. The van der Waals surface area contributed by atoms with Gasteiger partial charge in [-0.3, -0.25) is 0 Å². The molecule has 0 amide bonds. The fourth-order valence-electron chi connectivity index (χ4n) is 7.84. The van der Waals surface area contributed by atoms with Crippen molar-refractivity contribution < 1.29 is 4.42 Å². The van der Waals surface area contributed by atoms with Crippen LogP contribution in [0, 0.1) is 0 Å². The van der Waals surface area contributed by atoms with Crippen LogP contribution in [0.4, 0.5) is 0 Å². The molecule has 55 heavy (non-hydrogen) atoms. The highest BCUT2D eigenvalue weighted by Crippen LogP contribution is 2.40. The summed E-state index contributed by atoms with van der Waals surface area (Å²) < 4.78 is 6.52. The Bertz CT molecular complexity index is 3260. The minimum Gasteiger partial charge on any atom is -0.435 e. The van der Waals surface area contributed by atoms with Crippen molar-refractivity contribution in [2.24, 2.45) is 0 Å². The first-order valence-electron chi connectivity index (χ1n) is 18.4. The second-order valence-corrected chi connectivity index (χ2v) is 13.8. The van der Waals surface area contributed by atoms with Crippen molar-refractivity contribution in [3.63, 3.8) is 0 Å². The van der Waals surface area contributed by atoms with Gasteiger partial charge in [-0.2, -0.15) is 0 Å². The molecule has 0 fully saturated rings. The van der Waals surface area contributed by atoms with E-state index >= 15 is 0 Å². The van der Waals surface area contributed by atoms with Crippen molar-refractivity contribution in [1.29, 1.82) is 0 Å². The topological polar surface area (TPSA) is 64.7 Å². The lowest BCUT2D eigenvalue weighted by Gasteiger charge is -2.13. The minimum absolute atomic E-state index is 0.615. The Morgan fingerprint density at radius 2 is 0.873 bits per heavy atom. The summed E-state index contributed by atoms with van der Waals surface area (Å²) in [6, 6.07) is 63.0. The number of fused-ring (bicyclic) bond motifs is 7. The van der Waals surface area contributed by atoms with Gasteiger partial charge >= 0.3 is 0 Å². The number of hydrogen-bond donors (Lipinski definition) is 0. The molecule has 256 valence electrons. The second kappa shape index (κ2) is 12.6. The molecule has 11 aromatic rings. The molecule has 2 heterocycles. The zero-order chi connectivity index (χ0) is 36.3. The number of nitrogens with zero attached hydrogens (tertiary/aromatic N) is 4. The molecular formula is C50H30N4O. The third kappa shape index (κ3) is 5.33. The monoisotopic (exact) mass is 702 g/mol. The van der Waals surface area contributed by atoms with E-state index in [1.807, 2.05) is 66.7 Å². The summed E-state index contributed by atoms with van der Waals surface area (Å²) in [7, 11) is 0. The van der Waals surface area contributed by atoms with E-state index in [0.29, 0.717) is 23.4 Å². The van der Waals surface area contributed by atoms with E-state index in [1.54, 1.807) is 0 Å². The Morgan fingerprint density at radius 1 is 0.327 bits per heavy atom. The summed E-state index contributed by atoms with van der Waals surface area (Å²) in [4.78, 5) is 20.1. The molecule has 2 aromatic heterocycles. The van der Waals surface area contributed by atoms with Crippen molar-refractivity contribution in [3.8, 4) is 56.7 Å². The zero-order valence-corrected chi connectivity index (χ0v) is 29.5. The highest BCUT2D eigenvalue weighted by molar-refractivity contribution is 6.15. The van der Waals surface area contributed by atoms with Crippen LogP contribution in [0.2, 0.25) is 0 Å². The second-order valence-electron chi connectivity index (χ2n) is 13.8. The predicted octanol–water partition coefficient (Wildman–Crippen LogP) is 13.0. The molecule has 11 rings (SSSR count). The molecule has 0 N–H and O–H groups in total. The summed E-state index contributed by atoms with van der Waals surface area (Å²) in [5, 5.41) is 9.16. The van der Waals surface area contributed by atoms with E-state index in [9.17, 15) is 0 Å². The molecule has 0 radical (unpaired) electrons. The summed E-state index contributed by atoms with van der Waals surface area (Å²) >= 11 is 0. The first-order chi connectivity index (χ1) is 27.2. The van der Waals surface area contributed by atoms with Crippen LogP contribution in [0.15, 0.2) is 186 Å². The number of hydrogen-bond acceptors (Lipinski definition) is 5. The zero-order valence-electron chi connectivity index (χ0n) is 29.5. The quantitative estimate of drug-likeness (QED) is 0.167. The lowest BCUT2D eigenvalue weighted by Crippen LogP contribution is -2.00. The molecule has 0 unspecified atom stereocenters. The van der Waals surface area contributed by atoms with Crippen LogP contribution < -0.4 is 0 Å². The number of rotatable bonds is 5. The van der Waals surface area contributed by atoms with Crippen LogP contribution in [-0.2, 0) is 0 Å². The highest BCUT2D eigenvalue weighted by atomic mass is 16.3. The smallest absolute Gasteiger partial charge is 0.227 e. The summed E-state index contributed by atoms with van der Waals surface area (Å²) in [5.41, 5.74) is 7.58. The number of aromatic nitrogens is 4. The van der Waals surface area contributed by atoms with Gasteiger partial charge in [0, 0.05) is 27.6 Å². The Hall–Kier alpha value is -7.50. The predicted molar refractivity (Wildman–Crippen MR) is 225 cm³/mol. The summed E-state index contributed by atoms with van der Waals surface area (Å²) in [6.45, 7) is 0. The van der Waals surface area contributed by atoms with E-state index in [4.69, 9.17) is 24.4 Å². The van der Waals surface area contributed by atoms with E-state index in [-0.39, 0.29) is 0 Å². The van der Waals surface area contributed by atoms with E-state index in [0.717, 1.165) is 71.4 Å². The van der Waals surface area contributed by atoms with Gasteiger partial charge in [-0.1, -0.05) is 152 Å². The Balaban J connectivity index is 1.05. The Labute approximate surface area is 316 Å². The van der Waals surface area contributed by atoms with E-state index < -0.39 is 0 Å². The fraction of sp³-hybridized carbons (Fsp3) is 0. The van der Waals surface area contributed by atoms with Crippen molar-refractivity contribution in [3.05, 3.63) is 182 Å². The van der Waals surface area contributed by atoms with Crippen molar-refractivity contribution in [2.45, 2.75) is 0 Å². The molecular weight excluding hydrogens is 673 g/mol. The maximum Gasteiger partial charge on any atom is 0.227 e. The molecule has 0 spiro atoms. The van der Waals surface area contributed by atoms with Crippen LogP contribution >= 0.6 is 0 Å². The summed E-state index contributed by atoms with van der Waals surface area (Å²) in [5.74, 6) is 2.50. The average molecular weight is 703 g/mol. The van der Waals surface area contributed by atoms with Crippen LogP contribution in [-0.4, -0.2) is 19.9 Å². The standard InChI is InChI=1S/C50H30N4O/c1-3-12-33(13-4-1)47-52-48(54-49(53-47)38-23-26-40-36(30-38)22-21-31-11-7-8-18-39(31)40)37-24-27-41-35(29-37)17-10-19-42(41)43-20-9-16-32-25-28-44-46(45(32)43)55-50(51-44)34-14-5-2-6-15-34/h1-30H. The lowest BCUT2D eigenvalue weighted by atomic mass is 9.93. The Kier molecular flexibility index (Phi) is 7.10. The molecule has 0 aliphatic carbocycles. The summed E-state index contributed by atoms with van der Waals surface area (Å²) in [6.07, 6.45) is 0. The van der Waals surface area contributed by atoms with Gasteiger partial charge in [-0.05, 0) is 79.2 Å². The SMILES string of the molecule is c1ccc(-c2nc(-c3ccc4c(-c5cccc6ccc7nc(-c8ccccc8)oc7c56)cccc4c3)nc(-c3ccc4c(ccc5ccccc54)c3)n2)cc1. The molecule has 9 aromatic carbocycles. The normalized spacial score (nSPS) is 11.6.